The molecule has 0 aromatic carbocycles. The predicted molar refractivity (Wildman–Crippen MR) is 381 cm³/mol. The Morgan fingerprint density at radius 3 is 0.851 bits per heavy atom. The first kappa shape index (κ1) is 91.3. The first-order valence-corrected chi connectivity index (χ1v) is 41.2. The van der Waals surface area contributed by atoms with E-state index in [1.165, 1.54) is 154 Å². The molecule has 0 aromatic rings. The summed E-state index contributed by atoms with van der Waals surface area (Å²) in [7, 11) is -9.92. The summed E-state index contributed by atoms with van der Waals surface area (Å²) in [6.45, 7) is 4.85. The molecule has 17 nitrogen and oxygen atoms in total. The Labute approximate surface area is 573 Å². The molecule has 0 bridgehead atoms. The molecule has 0 aliphatic heterocycles. The van der Waals surface area contributed by atoms with Crippen molar-refractivity contribution in [3.8, 4) is 0 Å². The van der Waals surface area contributed by atoms with E-state index < -0.39 is 97.5 Å². The molecule has 0 radical (unpaired) electrons. The number of esters is 4. The van der Waals surface area contributed by atoms with Crippen molar-refractivity contribution >= 4 is 39.5 Å². The molecule has 552 valence electrons. The lowest BCUT2D eigenvalue weighted by Gasteiger charge is -2.21. The molecule has 0 aliphatic carbocycles. The molecular formula is C75H140O17P2. The van der Waals surface area contributed by atoms with Gasteiger partial charge in [0.25, 0.3) is 0 Å². The zero-order valence-electron chi connectivity index (χ0n) is 60.2. The van der Waals surface area contributed by atoms with Crippen LogP contribution in [0.3, 0.4) is 0 Å². The van der Waals surface area contributed by atoms with Crippen LogP contribution >= 0.6 is 15.6 Å². The second kappa shape index (κ2) is 68.8. The Balaban J connectivity index is 5.28. The zero-order valence-corrected chi connectivity index (χ0v) is 61.9. The van der Waals surface area contributed by atoms with Gasteiger partial charge in [-0.2, -0.15) is 0 Å². The van der Waals surface area contributed by atoms with Crippen molar-refractivity contribution in [1.29, 1.82) is 0 Å². The van der Waals surface area contributed by atoms with Crippen molar-refractivity contribution in [2.24, 2.45) is 0 Å². The van der Waals surface area contributed by atoms with E-state index in [9.17, 15) is 43.2 Å². The molecule has 5 unspecified atom stereocenters. The largest absolute Gasteiger partial charge is 0.472 e. The molecule has 5 atom stereocenters. The lowest BCUT2D eigenvalue weighted by Crippen LogP contribution is -2.30. The van der Waals surface area contributed by atoms with Gasteiger partial charge in [-0.3, -0.25) is 37.3 Å². The monoisotopic (exact) mass is 1370 g/mol. The minimum Gasteiger partial charge on any atom is -0.462 e. The Morgan fingerprint density at radius 1 is 0.298 bits per heavy atom. The molecule has 0 aliphatic rings. The van der Waals surface area contributed by atoms with Gasteiger partial charge < -0.3 is 33.8 Å². The fourth-order valence-electron chi connectivity index (χ4n) is 10.7. The number of carbonyl (C=O) groups excluding carboxylic acids is 4. The van der Waals surface area contributed by atoms with Gasteiger partial charge in [0.15, 0.2) is 12.2 Å². The van der Waals surface area contributed by atoms with Gasteiger partial charge in [-0.25, -0.2) is 9.13 Å². The topological polar surface area (TPSA) is 237 Å². The van der Waals surface area contributed by atoms with Crippen LogP contribution in [0.1, 0.15) is 362 Å². The Bertz CT molecular complexity index is 1930. The van der Waals surface area contributed by atoms with E-state index in [1.807, 2.05) is 0 Å². The molecule has 19 heteroatoms. The van der Waals surface area contributed by atoms with Gasteiger partial charge in [-0.05, 0) is 77.0 Å². The third-order valence-corrected chi connectivity index (χ3v) is 18.5. The van der Waals surface area contributed by atoms with Crippen LogP contribution in [-0.2, 0) is 65.4 Å². The summed E-state index contributed by atoms with van der Waals surface area (Å²) in [4.78, 5) is 72.7. The van der Waals surface area contributed by atoms with Gasteiger partial charge in [-0.1, -0.05) is 295 Å². The van der Waals surface area contributed by atoms with Crippen molar-refractivity contribution < 1.29 is 80.2 Å². The normalized spacial score (nSPS) is 14.2. The van der Waals surface area contributed by atoms with Crippen LogP contribution in [0.2, 0.25) is 0 Å². The summed E-state index contributed by atoms with van der Waals surface area (Å²) in [5, 5.41) is 10.6. The number of aliphatic hydroxyl groups excluding tert-OH is 1. The number of unbranched alkanes of at least 4 members (excludes halogenated alkanes) is 41. The standard InChI is InChI=1S/C75H140O17P2/c1-5-9-13-17-21-25-29-32-34-37-40-43-47-51-55-59-72(77)85-65-70(91-74(79)61-57-53-49-45-39-28-24-20-16-12-8-4)67-89-93(81,82)87-63-69(76)64-88-94(83,84)90-68-71(92-75(80)62-58-54-50-46-42-36-31-27-23-19-15-11-7-3)66-86-73(78)60-56-52-48-44-41-38-35-33-30-26-22-18-14-10-6-2/h20,22,24,26,33,35,69-71,76H,5-19,21,23,25,27-32,34,36-68H2,1-4H3,(H,81,82)(H,83,84)/b24-20-,26-22-,35-33-. The van der Waals surface area contributed by atoms with Crippen LogP contribution in [0, 0.1) is 0 Å². The summed E-state index contributed by atoms with van der Waals surface area (Å²) >= 11 is 0. The van der Waals surface area contributed by atoms with Gasteiger partial charge in [0, 0.05) is 25.7 Å². The van der Waals surface area contributed by atoms with Crippen molar-refractivity contribution in [1.82, 2.24) is 0 Å². The molecule has 0 spiro atoms. The summed E-state index contributed by atoms with van der Waals surface area (Å²) < 4.78 is 68.4. The summed E-state index contributed by atoms with van der Waals surface area (Å²) in [5.74, 6) is -2.16. The van der Waals surface area contributed by atoms with Crippen LogP contribution in [0.5, 0.6) is 0 Å². The van der Waals surface area contributed by atoms with Crippen molar-refractivity contribution in [3.05, 3.63) is 36.5 Å². The van der Waals surface area contributed by atoms with E-state index in [2.05, 4.69) is 64.2 Å². The second-order valence-corrected chi connectivity index (χ2v) is 28.9. The maximum absolute atomic E-state index is 13.1. The fraction of sp³-hybridized carbons (Fsp3) is 0.867. The Hall–Kier alpha value is -2.72. The number of phosphoric ester groups is 2. The SMILES string of the molecule is CCCC/C=C\CCCCCCCC(=O)OC(COC(=O)CCCCCCCCCCCCCCCCC)COP(=O)(O)OCC(O)COP(=O)(O)OCC(COC(=O)CCCCCCC/C=C\C/C=C\CCCCC)OC(=O)CCCCCCCCCCCCCCC. The minimum absolute atomic E-state index is 0.0917. The van der Waals surface area contributed by atoms with Crippen LogP contribution in [0.4, 0.5) is 0 Å². The van der Waals surface area contributed by atoms with Crippen LogP contribution in [-0.4, -0.2) is 96.7 Å². The third kappa shape index (κ3) is 67.8. The van der Waals surface area contributed by atoms with Gasteiger partial charge in [0.05, 0.1) is 26.4 Å². The van der Waals surface area contributed by atoms with E-state index in [1.54, 1.807) is 0 Å². The molecule has 0 saturated heterocycles. The van der Waals surface area contributed by atoms with E-state index in [-0.39, 0.29) is 25.7 Å². The van der Waals surface area contributed by atoms with Gasteiger partial charge in [-0.15, -0.1) is 0 Å². The predicted octanol–water partition coefficient (Wildman–Crippen LogP) is 21.6. The number of carbonyl (C=O) groups is 4. The van der Waals surface area contributed by atoms with Gasteiger partial charge in [0.1, 0.15) is 19.3 Å². The summed E-state index contributed by atoms with van der Waals surface area (Å²) in [6, 6.07) is 0. The summed E-state index contributed by atoms with van der Waals surface area (Å²) in [5.41, 5.74) is 0. The highest BCUT2D eigenvalue weighted by atomic mass is 31.2. The number of allylic oxidation sites excluding steroid dienone is 6. The zero-order chi connectivity index (χ0) is 69.0. The van der Waals surface area contributed by atoms with Crippen molar-refractivity contribution in [2.75, 3.05) is 39.6 Å². The maximum atomic E-state index is 13.1. The van der Waals surface area contributed by atoms with Crippen molar-refractivity contribution in [2.45, 2.75) is 380 Å². The van der Waals surface area contributed by atoms with Gasteiger partial charge in [0.2, 0.25) is 0 Å². The quantitative estimate of drug-likeness (QED) is 0.0169. The number of rotatable bonds is 73. The fourth-order valence-corrected chi connectivity index (χ4v) is 12.3. The highest BCUT2D eigenvalue weighted by Gasteiger charge is 2.30. The molecule has 94 heavy (non-hydrogen) atoms. The lowest BCUT2D eigenvalue weighted by molar-refractivity contribution is -0.161. The Kier molecular flexibility index (Phi) is 66.8. The molecule has 0 rings (SSSR count). The van der Waals surface area contributed by atoms with E-state index in [4.69, 9.17) is 37.0 Å². The number of phosphoric acid groups is 2. The number of hydrogen-bond donors (Lipinski definition) is 3. The smallest absolute Gasteiger partial charge is 0.462 e. The average Bonchev–Trinajstić information content (AvgIpc) is 2.22. The van der Waals surface area contributed by atoms with E-state index in [0.29, 0.717) is 25.7 Å². The Morgan fingerprint density at radius 2 is 0.532 bits per heavy atom. The molecule has 0 saturated carbocycles. The van der Waals surface area contributed by atoms with Crippen LogP contribution in [0.15, 0.2) is 36.5 Å². The number of hydrogen-bond acceptors (Lipinski definition) is 15. The summed E-state index contributed by atoms with van der Waals surface area (Å²) in [6.07, 6.45) is 62.8. The highest BCUT2D eigenvalue weighted by molar-refractivity contribution is 7.47. The number of ether oxygens (including phenoxy) is 4. The van der Waals surface area contributed by atoms with Crippen molar-refractivity contribution in [3.63, 3.8) is 0 Å². The maximum Gasteiger partial charge on any atom is 0.472 e. The first-order valence-electron chi connectivity index (χ1n) is 38.2. The lowest BCUT2D eigenvalue weighted by atomic mass is 10.0. The van der Waals surface area contributed by atoms with Gasteiger partial charge >= 0.3 is 39.5 Å². The van der Waals surface area contributed by atoms with E-state index in [0.717, 1.165) is 128 Å². The third-order valence-electron chi connectivity index (χ3n) is 16.6. The molecule has 0 fully saturated rings. The van der Waals surface area contributed by atoms with E-state index >= 15 is 0 Å². The first-order chi connectivity index (χ1) is 45.7. The molecule has 3 N–H and O–H groups in total. The second-order valence-electron chi connectivity index (χ2n) is 26.0. The molecular weight excluding hydrogens is 1230 g/mol. The van der Waals surface area contributed by atoms with Crippen LogP contribution in [0.25, 0.3) is 0 Å². The minimum atomic E-state index is -4.96. The number of aliphatic hydroxyl groups is 1. The van der Waals surface area contributed by atoms with Crippen LogP contribution < -0.4 is 0 Å². The molecule has 0 aromatic heterocycles. The molecule has 0 heterocycles. The molecule has 0 amide bonds. The highest BCUT2D eigenvalue weighted by Crippen LogP contribution is 2.45. The average molecular weight is 1380 g/mol.